The zero-order valence-corrected chi connectivity index (χ0v) is 51.1. The molecule has 2 fully saturated rings. The van der Waals surface area contributed by atoms with Crippen molar-refractivity contribution in [3.8, 4) is 0 Å². The Hall–Kier alpha value is -1.60. The van der Waals surface area contributed by atoms with Crippen LogP contribution in [0.3, 0.4) is 0 Å². The fraction of sp³-hybridized carbons (Fsp3) is 0.833. The van der Waals surface area contributed by atoms with Gasteiger partial charge in [-0.3, -0.25) is 0 Å². The smallest absolute Gasteiger partial charge is 0.131 e. The Morgan fingerprint density at radius 3 is 1.15 bits per heavy atom. The van der Waals surface area contributed by atoms with Gasteiger partial charge in [-0.15, -0.1) is 0 Å². The molecule has 0 N–H and O–H groups in total. The highest BCUT2D eigenvalue weighted by atomic mass is 15.4. The third-order valence-corrected chi connectivity index (χ3v) is 20.2. The molecule has 2 saturated carbocycles. The molecule has 0 spiro atoms. The summed E-state index contributed by atoms with van der Waals surface area (Å²) in [6.07, 6.45) is 56.7. The molecule has 0 aliphatic heterocycles. The Balaban J connectivity index is 1.57. The van der Waals surface area contributed by atoms with E-state index in [4.69, 9.17) is 0 Å². The third-order valence-electron chi connectivity index (χ3n) is 20.2. The van der Waals surface area contributed by atoms with E-state index in [-0.39, 0.29) is 5.54 Å². The summed E-state index contributed by atoms with van der Waals surface area (Å²) >= 11 is 0. The molecule has 7 atom stereocenters. The van der Waals surface area contributed by atoms with Crippen molar-refractivity contribution >= 4 is 0 Å². The van der Waals surface area contributed by atoms with Crippen LogP contribution in [0.1, 0.15) is 329 Å². The highest BCUT2D eigenvalue weighted by Gasteiger charge is 2.65. The monoisotopic (exact) mass is 1010 g/mol. The first-order valence-electron chi connectivity index (χ1n) is 33.5. The molecule has 7 unspecified atom stereocenters. The summed E-state index contributed by atoms with van der Waals surface area (Å²) in [6.45, 7) is 20.4. The van der Waals surface area contributed by atoms with Crippen LogP contribution in [0.25, 0.3) is 0 Å². The van der Waals surface area contributed by atoms with Gasteiger partial charge >= 0.3 is 0 Å². The van der Waals surface area contributed by atoms with Crippen molar-refractivity contribution in [2.45, 2.75) is 324 Å². The van der Waals surface area contributed by atoms with E-state index in [1.807, 2.05) is 0 Å². The van der Waals surface area contributed by atoms with Crippen LogP contribution in [0.2, 0.25) is 0 Å². The molecule has 2 aliphatic rings. The summed E-state index contributed by atoms with van der Waals surface area (Å²) in [6, 6.07) is 23.0. The molecule has 0 amide bonds. The topological polar surface area (TPSA) is 0 Å². The van der Waals surface area contributed by atoms with Crippen LogP contribution in [0.4, 0.5) is 0 Å². The predicted molar refractivity (Wildman–Crippen MR) is 326 cm³/mol. The number of rotatable bonds is 42. The van der Waals surface area contributed by atoms with Gasteiger partial charge < -0.3 is 4.48 Å². The number of benzene rings is 2. The van der Waals surface area contributed by atoms with Crippen LogP contribution in [-0.2, 0) is 12.0 Å². The van der Waals surface area contributed by atoms with E-state index in [1.165, 1.54) is 257 Å². The molecule has 0 heterocycles. The second-order valence-corrected chi connectivity index (χ2v) is 27.0. The molecule has 73 heavy (non-hydrogen) atoms. The maximum absolute atomic E-state index is 2.82. The molecular formula is C72H128N+. The second-order valence-electron chi connectivity index (χ2n) is 27.0. The van der Waals surface area contributed by atoms with Crippen LogP contribution in [0.5, 0.6) is 0 Å². The van der Waals surface area contributed by atoms with Crippen LogP contribution in [-0.4, -0.2) is 18.6 Å². The molecule has 0 radical (unpaired) electrons. The average molecular weight is 1010 g/mol. The predicted octanol–water partition coefficient (Wildman–Crippen LogP) is 23.6. The number of hydrogen-bond acceptors (Lipinski definition) is 0. The SMILES string of the molecule is CCCCCCCCCCCCCCCCCCc1ccccc1C(C1CC(C)CCC1C(C)C)(C1CC(C)CCC1C(C)C)[N+](C)(C)C(CCCCCCCCCCCCCCCCCC)c1ccccc1. The molecule has 0 bridgehead atoms. The summed E-state index contributed by atoms with van der Waals surface area (Å²) in [4.78, 5) is 0. The van der Waals surface area contributed by atoms with Crippen LogP contribution >= 0.6 is 0 Å². The minimum absolute atomic E-state index is 0.0223. The van der Waals surface area contributed by atoms with Crippen molar-refractivity contribution in [3.63, 3.8) is 0 Å². The van der Waals surface area contributed by atoms with E-state index in [1.54, 1.807) is 16.7 Å². The molecule has 0 saturated heterocycles. The Kier molecular flexibility index (Phi) is 32.6. The quantitative estimate of drug-likeness (QED) is 0.0459. The molecular weight excluding hydrogens is 879 g/mol. The average Bonchev–Trinajstić information content (AvgIpc) is 3.37. The zero-order chi connectivity index (χ0) is 52.6. The molecule has 420 valence electrons. The van der Waals surface area contributed by atoms with Gasteiger partial charge in [0.05, 0.1) is 14.1 Å². The van der Waals surface area contributed by atoms with E-state index in [0.717, 1.165) is 28.2 Å². The van der Waals surface area contributed by atoms with Crippen molar-refractivity contribution in [2.24, 2.45) is 47.3 Å². The van der Waals surface area contributed by atoms with Gasteiger partial charge in [0.15, 0.2) is 0 Å². The number of unbranched alkanes of at least 4 members (excludes halogenated alkanes) is 30. The Morgan fingerprint density at radius 2 is 0.767 bits per heavy atom. The van der Waals surface area contributed by atoms with Gasteiger partial charge in [-0.1, -0.05) is 315 Å². The van der Waals surface area contributed by atoms with Crippen molar-refractivity contribution in [1.82, 2.24) is 0 Å². The highest BCUT2D eigenvalue weighted by molar-refractivity contribution is 5.36. The standard InChI is InChI=1S/C72H128N/c1-11-13-15-17-19-21-23-25-27-29-31-33-35-37-39-42-48-64-49-46-47-52-68(64)72(69-58-62(7)54-56-66(69)60(3)4,70-59-63(8)55-57-67(70)61(5)6)73(9,10)71(65-50-43-41-44-51-65)53-45-40-38-36-34-32-30-28-26-24-22-20-18-16-14-12-2/h41,43-44,46-47,49-52,60-63,66-67,69-71H,11-40,42,45,48,53-59H2,1-10H3/q+1. The van der Waals surface area contributed by atoms with E-state index in [0.29, 0.717) is 29.7 Å². The summed E-state index contributed by atoms with van der Waals surface area (Å²) < 4.78 is 1.10. The molecule has 2 aromatic rings. The number of nitrogens with zero attached hydrogens (tertiary/aromatic N) is 1. The molecule has 4 rings (SSSR count). The lowest BCUT2D eigenvalue weighted by Crippen LogP contribution is -2.69. The molecule has 1 nitrogen and oxygen atoms in total. The second kappa shape index (κ2) is 37.3. The van der Waals surface area contributed by atoms with Gasteiger partial charge in [-0.25, -0.2) is 0 Å². The normalized spacial score (nSPS) is 22.0. The Bertz CT molecular complexity index is 1570. The first-order valence-corrected chi connectivity index (χ1v) is 33.5. The molecule has 0 aromatic heterocycles. The van der Waals surface area contributed by atoms with E-state index in [9.17, 15) is 0 Å². The van der Waals surface area contributed by atoms with Gasteiger partial charge in [-0.05, 0) is 86.0 Å². The van der Waals surface area contributed by atoms with Gasteiger partial charge in [0.1, 0.15) is 11.6 Å². The van der Waals surface area contributed by atoms with Crippen molar-refractivity contribution < 1.29 is 4.48 Å². The Morgan fingerprint density at radius 1 is 0.425 bits per heavy atom. The van der Waals surface area contributed by atoms with E-state index >= 15 is 0 Å². The van der Waals surface area contributed by atoms with Gasteiger partial charge in [0.2, 0.25) is 0 Å². The van der Waals surface area contributed by atoms with Crippen molar-refractivity contribution in [3.05, 3.63) is 71.3 Å². The molecule has 1 heteroatoms. The number of quaternary nitrogens is 1. The Labute approximate surface area is 458 Å². The minimum Gasteiger partial charge on any atom is -0.313 e. The lowest BCUT2D eigenvalue weighted by molar-refractivity contribution is -0.989. The maximum atomic E-state index is 2.82. The summed E-state index contributed by atoms with van der Waals surface area (Å²) in [5, 5.41) is 0. The first-order chi connectivity index (χ1) is 35.5. The van der Waals surface area contributed by atoms with Crippen LogP contribution < -0.4 is 0 Å². The summed E-state index contributed by atoms with van der Waals surface area (Å²) in [5.41, 5.74) is 5.13. The fourth-order valence-corrected chi connectivity index (χ4v) is 15.9. The number of hydrogen-bond donors (Lipinski definition) is 0. The summed E-state index contributed by atoms with van der Waals surface area (Å²) in [7, 11) is 5.64. The van der Waals surface area contributed by atoms with Gasteiger partial charge in [0, 0.05) is 29.4 Å². The van der Waals surface area contributed by atoms with Gasteiger partial charge in [-0.2, -0.15) is 0 Å². The largest absolute Gasteiger partial charge is 0.313 e. The minimum atomic E-state index is 0.0223. The van der Waals surface area contributed by atoms with Gasteiger partial charge in [0.25, 0.3) is 0 Å². The lowest BCUT2D eigenvalue weighted by atomic mass is 9.49. The third kappa shape index (κ3) is 21.3. The van der Waals surface area contributed by atoms with Crippen LogP contribution in [0.15, 0.2) is 54.6 Å². The fourth-order valence-electron chi connectivity index (χ4n) is 15.9. The zero-order valence-electron chi connectivity index (χ0n) is 51.1. The number of aryl methyl sites for hydroxylation is 1. The summed E-state index contributed by atoms with van der Waals surface area (Å²) in [5.74, 6) is 5.75. The van der Waals surface area contributed by atoms with Crippen molar-refractivity contribution in [1.29, 1.82) is 0 Å². The van der Waals surface area contributed by atoms with E-state index in [2.05, 4.69) is 124 Å². The van der Waals surface area contributed by atoms with Crippen molar-refractivity contribution in [2.75, 3.05) is 14.1 Å². The lowest BCUT2D eigenvalue weighted by Gasteiger charge is -2.65. The van der Waals surface area contributed by atoms with E-state index < -0.39 is 0 Å². The first kappa shape index (κ1) is 63.9. The highest BCUT2D eigenvalue weighted by Crippen LogP contribution is 2.63. The van der Waals surface area contributed by atoms with Crippen LogP contribution in [0, 0.1) is 47.3 Å². The molecule has 2 aliphatic carbocycles. The maximum Gasteiger partial charge on any atom is 0.131 e. The molecule has 2 aromatic carbocycles.